The van der Waals surface area contributed by atoms with Crippen molar-refractivity contribution in [3.05, 3.63) is 59.2 Å². The summed E-state index contributed by atoms with van der Waals surface area (Å²) in [5.74, 6) is -1.10. The first kappa shape index (κ1) is 20.5. The number of carbonyl (C=O) groups is 2. The molecule has 9 heteroatoms. The summed E-state index contributed by atoms with van der Waals surface area (Å²) in [7, 11) is 1.50. The van der Waals surface area contributed by atoms with Crippen molar-refractivity contribution in [3.63, 3.8) is 0 Å². The van der Waals surface area contributed by atoms with Gasteiger partial charge in [0.05, 0.1) is 18.2 Å². The van der Waals surface area contributed by atoms with E-state index in [1.807, 2.05) is 0 Å². The first-order valence-electron chi connectivity index (χ1n) is 8.83. The molecule has 1 aliphatic rings. The van der Waals surface area contributed by atoms with Crippen LogP contribution in [0.2, 0.25) is 0 Å². The lowest BCUT2D eigenvalue weighted by Gasteiger charge is -2.37. The number of piperazine rings is 1. The molecule has 0 bridgehead atoms. The van der Waals surface area contributed by atoms with Gasteiger partial charge in [-0.3, -0.25) is 4.79 Å². The molecule has 0 unspecified atom stereocenters. The van der Waals surface area contributed by atoms with Crippen LogP contribution >= 0.6 is 0 Å². The van der Waals surface area contributed by atoms with Crippen LogP contribution in [0, 0.1) is 0 Å². The minimum absolute atomic E-state index is 0.0871. The molecule has 2 aromatic carbocycles. The number of carbonyl (C=O) groups excluding carboxylic acids is 1. The normalized spacial score (nSPS) is 14.6. The Hall–Kier alpha value is -3.23. The summed E-state index contributed by atoms with van der Waals surface area (Å²) in [4.78, 5) is 26.8. The molecule has 1 fully saturated rings. The van der Waals surface area contributed by atoms with E-state index >= 15 is 0 Å². The van der Waals surface area contributed by atoms with Gasteiger partial charge in [0.15, 0.2) is 0 Å². The van der Waals surface area contributed by atoms with Crippen LogP contribution in [0.15, 0.2) is 42.5 Å². The molecule has 1 amide bonds. The van der Waals surface area contributed by atoms with E-state index < -0.39 is 23.3 Å². The predicted octanol–water partition coefficient (Wildman–Crippen LogP) is 3.37. The standard InChI is InChI=1S/C20H19F3N2O4/c1-29-15-4-2-3-13(11-15)18(26)25-9-7-24(8-10-25)17-6-5-14(19(27)28)12-16(17)20(21,22)23/h2-6,11-12H,7-10H2,1H3,(H,27,28). The SMILES string of the molecule is COc1cccc(C(=O)N2CCN(c3ccc(C(=O)O)cc3C(F)(F)F)CC2)c1. The van der Waals surface area contributed by atoms with Crippen LogP contribution < -0.4 is 9.64 Å². The Bertz CT molecular complexity index is 922. The number of amides is 1. The minimum atomic E-state index is -4.69. The Morgan fingerprint density at radius 3 is 2.28 bits per heavy atom. The van der Waals surface area contributed by atoms with Gasteiger partial charge in [-0.05, 0) is 36.4 Å². The second-order valence-electron chi connectivity index (χ2n) is 6.55. The summed E-state index contributed by atoms with van der Waals surface area (Å²) in [5.41, 5.74) is -1.06. The van der Waals surface area contributed by atoms with Gasteiger partial charge in [-0.15, -0.1) is 0 Å². The molecule has 0 atom stereocenters. The lowest BCUT2D eigenvalue weighted by atomic mass is 10.1. The van der Waals surface area contributed by atoms with Crippen LogP contribution in [-0.2, 0) is 6.18 Å². The summed E-state index contributed by atoms with van der Waals surface area (Å²) >= 11 is 0. The molecular formula is C20H19F3N2O4. The fourth-order valence-corrected chi connectivity index (χ4v) is 3.26. The fourth-order valence-electron chi connectivity index (χ4n) is 3.26. The summed E-state index contributed by atoms with van der Waals surface area (Å²) in [6, 6.07) is 9.65. The van der Waals surface area contributed by atoms with Crippen molar-refractivity contribution >= 4 is 17.6 Å². The second-order valence-corrected chi connectivity index (χ2v) is 6.55. The zero-order valence-electron chi connectivity index (χ0n) is 15.6. The van der Waals surface area contributed by atoms with E-state index in [0.29, 0.717) is 17.4 Å². The van der Waals surface area contributed by atoms with Gasteiger partial charge in [0.1, 0.15) is 5.75 Å². The number of carboxylic acids is 1. The third-order valence-electron chi connectivity index (χ3n) is 4.77. The Morgan fingerprint density at radius 1 is 1.00 bits per heavy atom. The van der Waals surface area contributed by atoms with Gasteiger partial charge >= 0.3 is 12.1 Å². The topological polar surface area (TPSA) is 70.1 Å². The average Bonchev–Trinajstić information content (AvgIpc) is 2.72. The maximum Gasteiger partial charge on any atom is 0.418 e. The van der Waals surface area contributed by atoms with Crippen molar-refractivity contribution in [3.8, 4) is 5.75 Å². The van der Waals surface area contributed by atoms with Crippen molar-refractivity contribution < 1.29 is 32.6 Å². The Morgan fingerprint density at radius 2 is 1.69 bits per heavy atom. The number of hydrogen-bond donors (Lipinski definition) is 1. The molecule has 0 radical (unpaired) electrons. The number of alkyl halides is 3. The van der Waals surface area contributed by atoms with Crippen LogP contribution in [0.3, 0.4) is 0 Å². The summed E-state index contributed by atoms with van der Waals surface area (Å²) < 4.78 is 45.5. The van der Waals surface area contributed by atoms with E-state index in [4.69, 9.17) is 9.84 Å². The quantitative estimate of drug-likeness (QED) is 0.840. The number of methoxy groups -OCH3 is 1. The third kappa shape index (κ3) is 4.44. The number of hydrogen-bond acceptors (Lipinski definition) is 4. The molecule has 1 N–H and O–H groups in total. The molecule has 154 valence electrons. The molecule has 0 aliphatic carbocycles. The van der Waals surface area contributed by atoms with E-state index in [9.17, 15) is 22.8 Å². The zero-order valence-corrected chi connectivity index (χ0v) is 15.6. The summed E-state index contributed by atoms with van der Waals surface area (Å²) in [5, 5.41) is 8.98. The number of rotatable bonds is 4. The number of aromatic carboxylic acids is 1. The number of benzene rings is 2. The molecule has 2 aromatic rings. The molecule has 1 aliphatic heterocycles. The maximum absolute atomic E-state index is 13.4. The van der Waals surface area contributed by atoms with Crippen molar-refractivity contribution in [1.82, 2.24) is 4.90 Å². The average molecular weight is 408 g/mol. The van der Waals surface area contributed by atoms with Crippen molar-refractivity contribution in [1.29, 1.82) is 0 Å². The summed E-state index contributed by atoms with van der Waals surface area (Å²) in [6.07, 6.45) is -4.69. The van der Waals surface area contributed by atoms with E-state index in [1.54, 1.807) is 29.2 Å². The molecule has 0 spiro atoms. The lowest BCUT2D eigenvalue weighted by Crippen LogP contribution is -2.49. The monoisotopic (exact) mass is 408 g/mol. The van der Waals surface area contributed by atoms with Crippen LogP contribution in [0.25, 0.3) is 0 Å². The maximum atomic E-state index is 13.4. The fraction of sp³-hybridized carbons (Fsp3) is 0.300. The number of nitrogens with zero attached hydrogens (tertiary/aromatic N) is 2. The Kier molecular flexibility index (Phi) is 5.67. The first-order chi connectivity index (χ1) is 13.7. The highest BCUT2D eigenvalue weighted by Gasteiger charge is 2.36. The second kappa shape index (κ2) is 8.02. The van der Waals surface area contributed by atoms with E-state index in [-0.39, 0.29) is 37.8 Å². The number of anilines is 1. The van der Waals surface area contributed by atoms with Crippen LogP contribution in [0.1, 0.15) is 26.3 Å². The Balaban J connectivity index is 1.77. The molecule has 0 saturated carbocycles. The number of ether oxygens (including phenoxy) is 1. The van der Waals surface area contributed by atoms with E-state index in [1.165, 1.54) is 18.1 Å². The molecule has 0 aromatic heterocycles. The Labute approximate surface area is 165 Å². The molecule has 1 saturated heterocycles. The van der Waals surface area contributed by atoms with Crippen LogP contribution in [0.4, 0.5) is 18.9 Å². The molecule has 1 heterocycles. The predicted molar refractivity (Wildman–Crippen MR) is 99.5 cm³/mol. The molecule has 6 nitrogen and oxygen atoms in total. The number of halogens is 3. The van der Waals surface area contributed by atoms with Crippen molar-refractivity contribution in [2.24, 2.45) is 0 Å². The van der Waals surface area contributed by atoms with Gasteiger partial charge in [0, 0.05) is 37.4 Å². The lowest BCUT2D eigenvalue weighted by molar-refractivity contribution is -0.137. The smallest absolute Gasteiger partial charge is 0.418 e. The minimum Gasteiger partial charge on any atom is -0.497 e. The first-order valence-corrected chi connectivity index (χ1v) is 8.83. The van der Waals surface area contributed by atoms with Gasteiger partial charge < -0.3 is 19.6 Å². The molecule has 3 rings (SSSR count). The van der Waals surface area contributed by atoms with Crippen molar-refractivity contribution in [2.75, 3.05) is 38.2 Å². The molecule has 29 heavy (non-hydrogen) atoms. The van der Waals surface area contributed by atoms with Gasteiger partial charge in [0.25, 0.3) is 5.91 Å². The molecular weight excluding hydrogens is 389 g/mol. The number of carboxylic acid groups (broad SMARTS) is 1. The van der Waals surface area contributed by atoms with Crippen molar-refractivity contribution in [2.45, 2.75) is 6.18 Å². The van der Waals surface area contributed by atoms with Gasteiger partial charge in [-0.25, -0.2) is 4.79 Å². The van der Waals surface area contributed by atoms with Gasteiger partial charge in [0.2, 0.25) is 0 Å². The third-order valence-corrected chi connectivity index (χ3v) is 4.77. The van der Waals surface area contributed by atoms with Crippen LogP contribution in [-0.4, -0.2) is 55.2 Å². The highest BCUT2D eigenvalue weighted by molar-refractivity contribution is 5.94. The zero-order chi connectivity index (χ0) is 21.2. The highest BCUT2D eigenvalue weighted by Crippen LogP contribution is 2.37. The van der Waals surface area contributed by atoms with E-state index in [0.717, 1.165) is 6.07 Å². The summed E-state index contributed by atoms with van der Waals surface area (Å²) in [6.45, 7) is 0.887. The highest BCUT2D eigenvalue weighted by atomic mass is 19.4. The van der Waals surface area contributed by atoms with Gasteiger partial charge in [-0.1, -0.05) is 6.07 Å². The van der Waals surface area contributed by atoms with E-state index in [2.05, 4.69) is 0 Å². The van der Waals surface area contributed by atoms with Gasteiger partial charge in [-0.2, -0.15) is 13.2 Å². The van der Waals surface area contributed by atoms with Crippen LogP contribution in [0.5, 0.6) is 5.75 Å². The largest absolute Gasteiger partial charge is 0.497 e.